The number of H-pyrrole nitrogens is 1. The summed E-state index contributed by atoms with van der Waals surface area (Å²) in [6, 6.07) is 13.5. The minimum absolute atomic E-state index is 0.0272. The first kappa shape index (κ1) is 22.3. The van der Waals surface area contributed by atoms with Gasteiger partial charge in [-0.2, -0.15) is 13.2 Å². The summed E-state index contributed by atoms with van der Waals surface area (Å²) in [7, 11) is 0. The number of ketones is 1. The predicted molar refractivity (Wildman–Crippen MR) is 112 cm³/mol. The van der Waals surface area contributed by atoms with Crippen molar-refractivity contribution in [3.05, 3.63) is 94.3 Å². The number of halogens is 3. The van der Waals surface area contributed by atoms with Gasteiger partial charge in [-0.25, -0.2) is 0 Å². The molecule has 0 aliphatic rings. The number of nitrogens with one attached hydrogen (secondary N) is 2. The number of alkyl halides is 3. The van der Waals surface area contributed by atoms with Crippen LogP contribution in [-0.2, 0) is 18.1 Å². The number of hydrogen-bond donors (Lipinski definition) is 2. The number of hydrogen-bond acceptors (Lipinski definition) is 2. The SMILES string of the molecule is CC(C)(C)c1ccc(C(=O)c2c[nH]c(C(=O)NCc3cccc(C(F)(F)F)c3)c2)cc1. The van der Waals surface area contributed by atoms with Gasteiger partial charge in [-0.05, 0) is 34.7 Å². The van der Waals surface area contributed by atoms with Crippen LogP contribution >= 0.6 is 0 Å². The normalized spacial score (nSPS) is 11.9. The van der Waals surface area contributed by atoms with Crippen LogP contribution in [0, 0.1) is 0 Å². The van der Waals surface area contributed by atoms with E-state index in [1.165, 1.54) is 24.4 Å². The molecule has 1 aromatic heterocycles. The van der Waals surface area contributed by atoms with Gasteiger partial charge in [-0.1, -0.05) is 57.2 Å². The van der Waals surface area contributed by atoms with Crippen LogP contribution in [0.3, 0.4) is 0 Å². The molecule has 0 saturated heterocycles. The molecule has 0 unspecified atom stereocenters. The molecule has 0 spiro atoms. The molecule has 3 rings (SSSR count). The van der Waals surface area contributed by atoms with Crippen LogP contribution in [0.2, 0.25) is 0 Å². The largest absolute Gasteiger partial charge is 0.416 e. The molecule has 0 atom stereocenters. The zero-order chi connectivity index (χ0) is 22.8. The van der Waals surface area contributed by atoms with Gasteiger partial charge in [0, 0.05) is 23.9 Å². The fraction of sp³-hybridized carbons (Fsp3) is 0.250. The van der Waals surface area contributed by atoms with Gasteiger partial charge < -0.3 is 10.3 Å². The number of carbonyl (C=O) groups excluding carboxylic acids is 2. The molecule has 0 aliphatic carbocycles. The van der Waals surface area contributed by atoms with Crippen molar-refractivity contribution in [3.63, 3.8) is 0 Å². The molecule has 0 aliphatic heterocycles. The van der Waals surface area contributed by atoms with Gasteiger partial charge in [-0.3, -0.25) is 9.59 Å². The molecule has 0 bridgehead atoms. The monoisotopic (exact) mass is 428 g/mol. The van der Waals surface area contributed by atoms with Gasteiger partial charge in [0.25, 0.3) is 5.91 Å². The van der Waals surface area contributed by atoms with Crippen LogP contribution in [0.1, 0.15) is 63.9 Å². The van der Waals surface area contributed by atoms with E-state index in [0.717, 1.165) is 17.7 Å². The van der Waals surface area contributed by atoms with Gasteiger partial charge in [-0.15, -0.1) is 0 Å². The van der Waals surface area contributed by atoms with Crippen LogP contribution in [0.5, 0.6) is 0 Å². The van der Waals surface area contributed by atoms with Gasteiger partial charge >= 0.3 is 6.18 Å². The second kappa shape index (κ2) is 8.41. The average molecular weight is 428 g/mol. The molecule has 31 heavy (non-hydrogen) atoms. The van der Waals surface area contributed by atoms with Crippen molar-refractivity contribution in [2.45, 2.75) is 38.9 Å². The fourth-order valence-electron chi connectivity index (χ4n) is 3.08. The predicted octanol–water partition coefficient (Wildman–Crippen LogP) is 5.49. The number of aromatic amines is 1. The van der Waals surface area contributed by atoms with Crippen molar-refractivity contribution < 1.29 is 22.8 Å². The summed E-state index contributed by atoms with van der Waals surface area (Å²) in [5.74, 6) is -0.742. The lowest BCUT2D eigenvalue weighted by atomic mass is 9.86. The van der Waals surface area contributed by atoms with Crippen LogP contribution in [0.15, 0.2) is 60.8 Å². The Morgan fingerprint density at radius 2 is 1.58 bits per heavy atom. The molecule has 162 valence electrons. The van der Waals surface area contributed by atoms with Gasteiger partial charge in [0.2, 0.25) is 0 Å². The highest BCUT2D eigenvalue weighted by atomic mass is 19.4. The lowest BCUT2D eigenvalue weighted by Gasteiger charge is -2.18. The summed E-state index contributed by atoms with van der Waals surface area (Å²) in [5, 5.41) is 2.56. The van der Waals surface area contributed by atoms with Crippen molar-refractivity contribution in [2.75, 3.05) is 0 Å². The summed E-state index contributed by atoms with van der Waals surface area (Å²) in [6.07, 6.45) is -3.00. The minimum Gasteiger partial charge on any atom is -0.356 e. The van der Waals surface area contributed by atoms with E-state index in [1.54, 1.807) is 12.1 Å². The molecule has 2 aromatic carbocycles. The van der Waals surface area contributed by atoms with Crippen LogP contribution < -0.4 is 5.32 Å². The van der Waals surface area contributed by atoms with E-state index in [2.05, 4.69) is 31.1 Å². The molecule has 0 radical (unpaired) electrons. The van der Waals surface area contributed by atoms with Crippen LogP contribution in [-0.4, -0.2) is 16.7 Å². The average Bonchev–Trinajstić information content (AvgIpc) is 3.21. The van der Waals surface area contributed by atoms with Crippen molar-refractivity contribution >= 4 is 11.7 Å². The molecular weight excluding hydrogens is 405 g/mol. The molecule has 1 amide bonds. The Morgan fingerprint density at radius 3 is 2.19 bits per heavy atom. The molecule has 3 aromatic rings. The first-order chi connectivity index (χ1) is 14.4. The fourth-order valence-corrected chi connectivity index (χ4v) is 3.08. The Morgan fingerprint density at radius 1 is 0.903 bits per heavy atom. The number of rotatable bonds is 5. The Hall–Kier alpha value is -3.35. The molecule has 0 saturated carbocycles. The van der Waals surface area contributed by atoms with Gasteiger partial charge in [0.15, 0.2) is 5.78 Å². The summed E-state index contributed by atoms with van der Waals surface area (Å²) in [4.78, 5) is 27.8. The maximum atomic E-state index is 12.8. The molecule has 4 nitrogen and oxygen atoms in total. The first-order valence-electron chi connectivity index (χ1n) is 9.73. The van der Waals surface area contributed by atoms with E-state index in [9.17, 15) is 22.8 Å². The van der Waals surface area contributed by atoms with Crippen molar-refractivity contribution in [1.29, 1.82) is 0 Å². The van der Waals surface area contributed by atoms with E-state index in [0.29, 0.717) is 16.7 Å². The van der Waals surface area contributed by atoms with Gasteiger partial charge in [0.1, 0.15) is 5.69 Å². The molecule has 0 fully saturated rings. The number of amides is 1. The number of carbonyl (C=O) groups is 2. The Kier molecular flexibility index (Phi) is 6.06. The summed E-state index contributed by atoms with van der Waals surface area (Å²) in [5.41, 5.74) is 1.61. The second-order valence-electron chi connectivity index (χ2n) is 8.34. The Bertz CT molecular complexity index is 1090. The van der Waals surface area contributed by atoms with Crippen molar-refractivity contribution in [3.8, 4) is 0 Å². The first-order valence-corrected chi connectivity index (χ1v) is 9.73. The van der Waals surface area contributed by atoms with Crippen molar-refractivity contribution in [2.24, 2.45) is 0 Å². The molecule has 2 N–H and O–H groups in total. The van der Waals surface area contributed by atoms with Gasteiger partial charge in [0.05, 0.1) is 5.56 Å². The highest BCUT2D eigenvalue weighted by Crippen LogP contribution is 2.29. The quantitative estimate of drug-likeness (QED) is 0.528. The standard InChI is InChI=1S/C24H23F3N2O2/c1-23(2,3)18-9-7-16(8-10-18)21(30)17-12-20(28-14-17)22(31)29-13-15-5-4-6-19(11-15)24(25,26)27/h4-12,14,28H,13H2,1-3H3,(H,29,31). The zero-order valence-corrected chi connectivity index (χ0v) is 17.4. The summed E-state index contributed by atoms with van der Waals surface area (Å²) >= 11 is 0. The zero-order valence-electron chi connectivity index (χ0n) is 17.4. The smallest absolute Gasteiger partial charge is 0.356 e. The molecule has 1 heterocycles. The van der Waals surface area contributed by atoms with E-state index >= 15 is 0 Å². The second-order valence-corrected chi connectivity index (χ2v) is 8.34. The highest BCUT2D eigenvalue weighted by Gasteiger charge is 2.30. The minimum atomic E-state index is -4.44. The number of aromatic nitrogens is 1. The van der Waals surface area contributed by atoms with Crippen molar-refractivity contribution in [1.82, 2.24) is 10.3 Å². The van der Waals surface area contributed by atoms with E-state index in [-0.39, 0.29) is 23.4 Å². The maximum Gasteiger partial charge on any atom is 0.416 e. The Labute approximate surface area is 178 Å². The molecular formula is C24H23F3N2O2. The van der Waals surface area contributed by atoms with E-state index in [4.69, 9.17) is 0 Å². The lowest BCUT2D eigenvalue weighted by molar-refractivity contribution is -0.137. The third-order valence-corrected chi connectivity index (χ3v) is 4.91. The van der Waals surface area contributed by atoms with E-state index < -0.39 is 17.6 Å². The summed E-state index contributed by atoms with van der Waals surface area (Å²) < 4.78 is 38.4. The highest BCUT2D eigenvalue weighted by molar-refractivity contribution is 6.10. The van der Waals surface area contributed by atoms with E-state index in [1.807, 2.05) is 12.1 Å². The summed E-state index contributed by atoms with van der Waals surface area (Å²) in [6.45, 7) is 6.18. The molecule has 7 heteroatoms. The van der Waals surface area contributed by atoms with Crippen LogP contribution in [0.25, 0.3) is 0 Å². The van der Waals surface area contributed by atoms with Crippen LogP contribution in [0.4, 0.5) is 13.2 Å². The Balaban J connectivity index is 1.66. The third-order valence-electron chi connectivity index (χ3n) is 4.91. The lowest BCUT2D eigenvalue weighted by Crippen LogP contribution is -2.23. The number of benzene rings is 2. The topological polar surface area (TPSA) is 62.0 Å². The maximum absolute atomic E-state index is 12.8. The third kappa shape index (κ3) is 5.42.